The van der Waals surface area contributed by atoms with Gasteiger partial charge in [0.25, 0.3) is 0 Å². The lowest BCUT2D eigenvalue weighted by molar-refractivity contribution is -0.138. The standard InChI is InChI=1S/C13H18N4O2/c1-9-10(8-14)12(16(2)15-9)17-7-5-3-4-6-11(17)13(18)19/h11H,3-7H2,1-2H3,(H,18,19). The summed E-state index contributed by atoms with van der Waals surface area (Å²) in [5.41, 5.74) is 1.13. The number of aryl methyl sites for hydroxylation is 2. The van der Waals surface area contributed by atoms with Crippen molar-refractivity contribution < 1.29 is 9.90 Å². The van der Waals surface area contributed by atoms with Crippen molar-refractivity contribution in [3.8, 4) is 6.07 Å². The molecule has 1 unspecified atom stereocenters. The topological polar surface area (TPSA) is 82.2 Å². The smallest absolute Gasteiger partial charge is 0.326 e. The van der Waals surface area contributed by atoms with Crippen LogP contribution in [0.3, 0.4) is 0 Å². The molecule has 102 valence electrons. The fourth-order valence-electron chi connectivity index (χ4n) is 2.72. The maximum absolute atomic E-state index is 11.5. The molecule has 1 N–H and O–H groups in total. The molecule has 1 aromatic rings. The average molecular weight is 262 g/mol. The Kier molecular flexibility index (Phi) is 3.74. The van der Waals surface area contributed by atoms with Crippen molar-refractivity contribution in [2.24, 2.45) is 7.05 Å². The molecule has 6 heteroatoms. The summed E-state index contributed by atoms with van der Waals surface area (Å²) in [5.74, 6) is -0.195. The second-order valence-electron chi connectivity index (χ2n) is 4.92. The van der Waals surface area contributed by atoms with Crippen LogP contribution in [0.5, 0.6) is 0 Å². The van der Waals surface area contributed by atoms with E-state index < -0.39 is 12.0 Å². The van der Waals surface area contributed by atoms with Gasteiger partial charge in [0.1, 0.15) is 23.5 Å². The lowest BCUT2D eigenvalue weighted by atomic mass is 10.1. The summed E-state index contributed by atoms with van der Waals surface area (Å²) in [7, 11) is 1.76. The number of hydrogen-bond acceptors (Lipinski definition) is 4. The van der Waals surface area contributed by atoms with Gasteiger partial charge in [0.15, 0.2) is 0 Å². The van der Waals surface area contributed by atoms with Gasteiger partial charge < -0.3 is 10.0 Å². The fourth-order valence-corrected chi connectivity index (χ4v) is 2.72. The van der Waals surface area contributed by atoms with E-state index in [1.54, 1.807) is 18.7 Å². The van der Waals surface area contributed by atoms with Gasteiger partial charge >= 0.3 is 5.97 Å². The quantitative estimate of drug-likeness (QED) is 0.872. The minimum atomic E-state index is -0.829. The van der Waals surface area contributed by atoms with E-state index in [1.807, 2.05) is 4.90 Å². The van der Waals surface area contributed by atoms with E-state index >= 15 is 0 Å². The average Bonchev–Trinajstić information content (AvgIpc) is 2.55. The first-order valence-electron chi connectivity index (χ1n) is 6.49. The third-order valence-corrected chi connectivity index (χ3v) is 3.61. The van der Waals surface area contributed by atoms with E-state index in [2.05, 4.69) is 11.2 Å². The van der Waals surface area contributed by atoms with E-state index in [9.17, 15) is 15.2 Å². The second kappa shape index (κ2) is 5.31. The molecule has 1 atom stereocenters. The van der Waals surface area contributed by atoms with Gasteiger partial charge in [-0.15, -0.1) is 0 Å². The monoisotopic (exact) mass is 262 g/mol. The predicted molar refractivity (Wildman–Crippen MR) is 69.9 cm³/mol. The molecule has 0 spiro atoms. The lowest BCUT2D eigenvalue weighted by Gasteiger charge is -2.28. The minimum Gasteiger partial charge on any atom is -0.480 e. The molecule has 0 aromatic carbocycles. The SMILES string of the molecule is Cc1nn(C)c(N2CCCCCC2C(=O)O)c1C#N. The Bertz CT molecular complexity index is 529. The first kappa shape index (κ1) is 13.4. The van der Waals surface area contributed by atoms with E-state index in [4.69, 9.17) is 0 Å². The molecule has 1 aromatic heterocycles. The van der Waals surface area contributed by atoms with Gasteiger partial charge in [0.05, 0.1) is 5.69 Å². The minimum absolute atomic E-state index is 0.482. The molecule has 0 amide bonds. The number of nitrogens with zero attached hydrogens (tertiary/aromatic N) is 4. The highest BCUT2D eigenvalue weighted by molar-refractivity contribution is 5.79. The zero-order chi connectivity index (χ0) is 14.0. The van der Waals surface area contributed by atoms with Crippen LogP contribution in [0.15, 0.2) is 0 Å². The largest absolute Gasteiger partial charge is 0.480 e. The maximum Gasteiger partial charge on any atom is 0.326 e. The summed E-state index contributed by atoms with van der Waals surface area (Å²) in [6, 6.07) is 1.58. The highest BCUT2D eigenvalue weighted by atomic mass is 16.4. The Labute approximate surface area is 112 Å². The van der Waals surface area contributed by atoms with E-state index in [-0.39, 0.29) is 0 Å². The Hall–Kier alpha value is -2.03. The Morgan fingerprint density at radius 2 is 2.21 bits per heavy atom. The first-order valence-corrected chi connectivity index (χ1v) is 6.49. The van der Waals surface area contributed by atoms with Crippen molar-refractivity contribution in [3.63, 3.8) is 0 Å². The number of rotatable bonds is 2. The molecule has 0 radical (unpaired) electrons. The molecular weight excluding hydrogens is 244 g/mol. The molecule has 1 aliphatic rings. The summed E-state index contributed by atoms with van der Waals surface area (Å²) in [6.07, 6.45) is 3.49. The fraction of sp³-hybridized carbons (Fsp3) is 0.615. The van der Waals surface area contributed by atoms with Crippen LogP contribution in [0.2, 0.25) is 0 Å². The van der Waals surface area contributed by atoms with Crippen LogP contribution >= 0.6 is 0 Å². The zero-order valence-corrected chi connectivity index (χ0v) is 11.3. The van der Waals surface area contributed by atoms with Gasteiger partial charge in [-0.05, 0) is 19.8 Å². The molecule has 2 rings (SSSR count). The zero-order valence-electron chi connectivity index (χ0n) is 11.3. The summed E-state index contributed by atoms with van der Waals surface area (Å²) >= 11 is 0. The van der Waals surface area contributed by atoms with Crippen LogP contribution in [-0.2, 0) is 11.8 Å². The summed E-state index contributed by atoms with van der Waals surface area (Å²) in [5, 5.41) is 22.9. The van der Waals surface area contributed by atoms with Crippen LogP contribution in [0, 0.1) is 18.3 Å². The van der Waals surface area contributed by atoms with Crippen LogP contribution in [0.25, 0.3) is 0 Å². The summed E-state index contributed by atoms with van der Waals surface area (Å²) < 4.78 is 1.62. The van der Waals surface area contributed by atoms with Crippen LogP contribution in [0.1, 0.15) is 36.9 Å². The van der Waals surface area contributed by atoms with E-state index in [0.717, 1.165) is 19.3 Å². The third kappa shape index (κ3) is 2.41. The van der Waals surface area contributed by atoms with Crippen molar-refractivity contribution in [1.82, 2.24) is 9.78 Å². The molecule has 0 saturated carbocycles. The van der Waals surface area contributed by atoms with Crippen molar-refractivity contribution in [2.45, 2.75) is 38.6 Å². The van der Waals surface area contributed by atoms with Crippen molar-refractivity contribution in [3.05, 3.63) is 11.3 Å². The van der Waals surface area contributed by atoms with Crippen molar-refractivity contribution in [1.29, 1.82) is 5.26 Å². The molecule has 1 fully saturated rings. The van der Waals surface area contributed by atoms with Gasteiger partial charge in [-0.1, -0.05) is 12.8 Å². The predicted octanol–water partition coefficient (Wildman–Crippen LogP) is 1.43. The number of carboxylic acids is 1. The van der Waals surface area contributed by atoms with Gasteiger partial charge in [0, 0.05) is 13.6 Å². The highest BCUT2D eigenvalue weighted by Crippen LogP contribution is 2.28. The van der Waals surface area contributed by atoms with Gasteiger partial charge in [-0.25, -0.2) is 4.79 Å². The van der Waals surface area contributed by atoms with Crippen LogP contribution < -0.4 is 4.90 Å². The Balaban J connectivity index is 2.48. The van der Waals surface area contributed by atoms with Gasteiger partial charge in [-0.3, -0.25) is 4.68 Å². The first-order chi connectivity index (χ1) is 9.06. The number of carboxylic acid groups (broad SMARTS) is 1. The molecule has 2 heterocycles. The number of aliphatic carboxylic acids is 1. The second-order valence-corrected chi connectivity index (χ2v) is 4.92. The van der Waals surface area contributed by atoms with Gasteiger partial charge in [-0.2, -0.15) is 10.4 Å². The summed E-state index contributed by atoms with van der Waals surface area (Å²) in [4.78, 5) is 13.3. The third-order valence-electron chi connectivity index (χ3n) is 3.61. The highest BCUT2D eigenvalue weighted by Gasteiger charge is 2.31. The molecule has 1 saturated heterocycles. The lowest BCUT2D eigenvalue weighted by Crippen LogP contribution is -2.42. The molecule has 19 heavy (non-hydrogen) atoms. The van der Waals surface area contributed by atoms with Crippen LogP contribution in [-0.4, -0.2) is 33.4 Å². The van der Waals surface area contributed by atoms with E-state index in [1.165, 1.54) is 0 Å². The number of hydrogen-bond donors (Lipinski definition) is 1. The van der Waals surface area contributed by atoms with Crippen molar-refractivity contribution >= 4 is 11.8 Å². The molecule has 0 bridgehead atoms. The molecule has 0 aliphatic carbocycles. The van der Waals surface area contributed by atoms with Crippen molar-refractivity contribution in [2.75, 3.05) is 11.4 Å². The van der Waals surface area contributed by atoms with Gasteiger partial charge in [0.2, 0.25) is 0 Å². The molecule has 1 aliphatic heterocycles. The molecule has 6 nitrogen and oxygen atoms in total. The number of carbonyl (C=O) groups is 1. The number of nitriles is 1. The maximum atomic E-state index is 11.5. The number of anilines is 1. The van der Waals surface area contributed by atoms with Crippen LogP contribution in [0.4, 0.5) is 5.82 Å². The molecular formula is C13H18N4O2. The number of aromatic nitrogens is 2. The Morgan fingerprint density at radius 3 is 2.84 bits per heavy atom. The van der Waals surface area contributed by atoms with E-state index in [0.29, 0.717) is 30.0 Å². The normalized spacial score (nSPS) is 19.8. The summed E-state index contributed by atoms with van der Waals surface area (Å²) in [6.45, 7) is 2.43. The Morgan fingerprint density at radius 1 is 1.47 bits per heavy atom.